The Hall–Kier alpha value is -3.89. The molecule has 0 saturated carbocycles. The van der Waals surface area contributed by atoms with Crippen molar-refractivity contribution < 1.29 is 18.8 Å². The van der Waals surface area contributed by atoms with Crippen LogP contribution < -0.4 is 10.6 Å². The molecule has 3 heterocycles. The van der Waals surface area contributed by atoms with E-state index in [-0.39, 0.29) is 41.4 Å². The third kappa shape index (κ3) is 4.97. The molecule has 4 rings (SSSR count). The molecule has 2 N–H and O–H groups in total. The number of nitrogens with one attached hydrogen (secondary N) is 2. The van der Waals surface area contributed by atoms with Gasteiger partial charge in [0.15, 0.2) is 0 Å². The van der Waals surface area contributed by atoms with Gasteiger partial charge in [-0.2, -0.15) is 14.6 Å². The SMILES string of the molecule is CC(=O)N1CC[C@@H](CNC(=O)c2cc(C(=O)NCc3ccc(F)c(C)c3)nc3ncnn23)C1. The van der Waals surface area contributed by atoms with E-state index in [1.807, 2.05) is 0 Å². The van der Waals surface area contributed by atoms with Gasteiger partial charge < -0.3 is 15.5 Å². The van der Waals surface area contributed by atoms with Crippen molar-refractivity contribution in [1.29, 1.82) is 0 Å². The van der Waals surface area contributed by atoms with Crippen molar-refractivity contribution in [3.63, 3.8) is 0 Å². The molecule has 2 aromatic heterocycles. The second kappa shape index (κ2) is 9.31. The summed E-state index contributed by atoms with van der Waals surface area (Å²) >= 11 is 0. The van der Waals surface area contributed by atoms with Crippen molar-refractivity contribution in [2.24, 2.45) is 5.92 Å². The lowest BCUT2D eigenvalue weighted by Gasteiger charge is -2.14. The molecule has 1 atom stereocenters. The maximum absolute atomic E-state index is 13.4. The van der Waals surface area contributed by atoms with Crippen LogP contribution in [-0.2, 0) is 11.3 Å². The molecule has 1 aromatic carbocycles. The second-order valence-corrected chi connectivity index (χ2v) is 8.09. The number of carbonyl (C=O) groups excluding carboxylic acids is 3. The zero-order valence-electron chi connectivity index (χ0n) is 18.3. The van der Waals surface area contributed by atoms with Crippen LogP contribution in [0.4, 0.5) is 4.39 Å². The maximum atomic E-state index is 13.4. The number of carbonyl (C=O) groups is 3. The molecule has 10 nitrogen and oxygen atoms in total. The number of aryl methyl sites for hydroxylation is 1. The molecule has 172 valence electrons. The van der Waals surface area contributed by atoms with Gasteiger partial charge in [-0.05, 0) is 36.5 Å². The van der Waals surface area contributed by atoms with Crippen molar-refractivity contribution in [2.75, 3.05) is 19.6 Å². The lowest BCUT2D eigenvalue weighted by Crippen LogP contribution is -2.33. The van der Waals surface area contributed by atoms with Gasteiger partial charge in [-0.15, -0.1) is 0 Å². The Morgan fingerprint density at radius 1 is 1.18 bits per heavy atom. The number of nitrogens with zero attached hydrogens (tertiary/aromatic N) is 5. The number of aromatic nitrogens is 4. The minimum absolute atomic E-state index is 0.0168. The lowest BCUT2D eigenvalue weighted by molar-refractivity contribution is -0.127. The van der Waals surface area contributed by atoms with E-state index in [4.69, 9.17) is 0 Å². The summed E-state index contributed by atoms with van der Waals surface area (Å²) in [5.41, 5.74) is 1.36. The number of hydrogen-bond acceptors (Lipinski definition) is 6. The number of rotatable bonds is 6. The first-order valence-corrected chi connectivity index (χ1v) is 10.6. The molecule has 33 heavy (non-hydrogen) atoms. The molecule has 1 aliphatic rings. The molecule has 0 aliphatic carbocycles. The van der Waals surface area contributed by atoms with Crippen LogP contribution in [0.5, 0.6) is 0 Å². The van der Waals surface area contributed by atoms with Crippen LogP contribution >= 0.6 is 0 Å². The normalized spacial score (nSPS) is 15.6. The van der Waals surface area contributed by atoms with Crippen molar-refractivity contribution in [3.05, 3.63) is 58.9 Å². The number of hydrogen-bond donors (Lipinski definition) is 2. The Bertz CT molecular complexity index is 1230. The summed E-state index contributed by atoms with van der Waals surface area (Å²) in [4.78, 5) is 47.0. The van der Waals surface area contributed by atoms with Crippen molar-refractivity contribution in [1.82, 2.24) is 35.1 Å². The summed E-state index contributed by atoms with van der Waals surface area (Å²) < 4.78 is 14.7. The van der Waals surface area contributed by atoms with Crippen LogP contribution in [0.15, 0.2) is 30.6 Å². The van der Waals surface area contributed by atoms with Gasteiger partial charge in [0.2, 0.25) is 5.91 Å². The van der Waals surface area contributed by atoms with E-state index in [0.717, 1.165) is 12.0 Å². The monoisotopic (exact) mass is 453 g/mol. The third-order valence-electron chi connectivity index (χ3n) is 5.68. The van der Waals surface area contributed by atoms with Crippen LogP contribution in [-0.4, -0.2) is 61.8 Å². The topological polar surface area (TPSA) is 122 Å². The molecule has 3 aromatic rings. The van der Waals surface area contributed by atoms with Gasteiger partial charge >= 0.3 is 0 Å². The summed E-state index contributed by atoms with van der Waals surface area (Å²) in [5, 5.41) is 9.61. The van der Waals surface area contributed by atoms with E-state index in [1.165, 1.54) is 29.9 Å². The highest BCUT2D eigenvalue weighted by atomic mass is 19.1. The Labute approximate surface area is 189 Å². The standard InChI is InChI=1S/C22H24FN7O3/c1-13-7-15(3-4-17(13)23)9-24-20(32)18-8-19(30-22(28-18)26-12-27-30)21(33)25-10-16-5-6-29(11-16)14(2)31/h3-4,7-8,12,16H,5-6,9-11H2,1-2H3,(H,24,32)(H,25,33)/t16-/m0/s1. The molecule has 0 bridgehead atoms. The zero-order chi connectivity index (χ0) is 23.5. The van der Waals surface area contributed by atoms with Crippen LogP contribution in [0, 0.1) is 18.7 Å². The Kier molecular flexibility index (Phi) is 6.29. The van der Waals surface area contributed by atoms with Gasteiger partial charge in [0, 0.05) is 39.2 Å². The maximum Gasteiger partial charge on any atom is 0.270 e. The van der Waals surface area contributed by atoms with E-state index < -0.39 is 11.8 Å². The van der Waals surface area contributed by atoms with Gasteiger partial charge in [0.1, 0.15) is 23.5 Å². The van der Waals surface area contributed by atoms with E-state index in [0.29, 0.717) is 25.2 Å². The van der Waals surface area contributed by atoms with Gasteiger partial charge in [0.25, 0.3) is 17.6 Å². The van der Waals surface area contributed by atoms with Crippen molar-refractivity contribution in [3.8, 4) is 0 Å². The number of benzene rings is 1. The Morgan fingerprint density at radius 3 is 2.73 bits per heavy atom. The van der Waals surface area contributed by atoms with Crippen molar-refractivity contribution >= 4 is 23.5 Å². The lowest BCUT2D eigenvalue weighted by atomic mass is 10.1. The Morgan fingerprint density at radius 2 is 2.00 bits per heavy atom. The molecular weight excluding hydrogens is 429 g/mol. The minimum Gasteiger partial charge on any atom is -0.350 e. The third-order valence-corrected chi connectivity index (χ3v) is 5.68. The summed E-state index contributed by atoms with van der Waals surface area (Å²) in [7, 11) is 0. The number of halogens is 1. The minimum atomic E-state index is -0.496. The second-order valence-electron chi connectivity index (χ2n) is 8.09. The fraction of sp³-hybridized carbons (Fsp3) is 0.364. The highest BCUT2D eigenvalue weighted by Gasteiger charge is 2.25. The number of amides is 3. The van der Waals surface area contributed by atoms with E-state index in [2.05, 4.69) is 25.7 Å². The van der Waals surface area contributed by atoms with Crippen LogP contribution in [0.25, 0.3) is 5.78 Å². The fourth-order valence-electron chi connectivity index (χ4n) is 3.79. The predicted molar refractivity (Wildman–Crippen MR) is 116 cm³/mol. The highest BCUT2D eigenvalue weighted by molar-refractivity contribution is 5.98. The number of fused-ring (bicyclic) bond motifs is 1. The van der Waals surface area contributed by atoms with Crippen LogP contribution in [0.3, 0.4) is 0 Å². The Balaban J connectivity index is 1.45. The predicted octanol–water partition coefficient (Wildman–Crippen LogP) is 1.10. The summed E-state index contributed by atoms with van der Waals surface area (Å²) in [6.45, 7) is 5.03. The summed E-state index contributed by atoms with van der Waals surface area (Å²) in [6.07, 6.45) is 2.06. The van der Waals surface area contributed by atoms with Gasteiger partial charge in [-0.3, -0.25) is 14.4 Å². The van der Waals surface area contributed by atoms with E-state index in [1.54, 1.807) is 24.0 Å². The average molecular weight is 453 g/mol. The molecule has 0 radical (unpaired) electrons. The summed E-state index contributed by atoms with van der Waals surface area (Å²) in [6, 6.07) is 5.95. The van der Waals surface area contributed by atoms with Crippen LogP contribution in [0.2, 0.25) is 0 Å². The van der Waals surface area contributed by atoms with Gasteiger partial charge in [-0.1, -0.05) is 12.1 Å². The largest absolute Gasteiger partial charge is 0.350 e. The molecule has 3 amide bonds. The van der Waals surface area contributed by atoms with Crippen LogP contribution in [0.1, 0.15) is 45.4 Å². The highest BCUT2D eigenvalue weighted by Crippen LogP contribution is 2.16. The molecule has 11 heteroatoms. The van der Waals surface area contributed by atoms with Gasteiger partial charge in [0.05, 0.1) is 0 Å². The molecule has 0 spiro atoms. The first kappa shape index (κ1) is 22.3. The average Bonchev–Trinajstić information content (AvgIpc) is 3.47. The number of likely N-dealkylation sites (tertiary alicyclic amines) is 1. The molecule has 1 fully saturated rings. The smallest absolute Gasteiger partial charge is 0.270 e. The van der Waals surface area contributed by atoms with Gasteiger partial charge in [-0.25, -0.2) is 9.37 Å². The zero-order valence-corrected chi connectivity index (χ0v) is 18.3. The fourth-order valence-corrected chi connectivity index (χ4v) is 3.79. The quantitative estimate of drug-likeness (QED) is 0.577. The first-order valence-electron chi connectivity index (χ1n) is 10.6. The summed E-state index contributed by atoms with van der Waals surface area (Å²) in [5.74, 6) is -0.927. The van der Waals surface area contributed by atoms with Crippen molar-refractivity contribution in [2.45, 2.75) is 26.8 Å². The molecule has 0 unspecified atom stereocenters. The molecular formula is C22H24FN7O3. The molecule has 1 aliphatic heterocycles. The van der Waals surface area contributed by atoms with E-state index >= 15 is 0 Å². The first-order chi connectivity index (χ1) is 15.8. The van der Waals surface area contributed by atoms with E-state index in [9.17, 15) is 18.8 Å². The molecule has 1 saturated heterocycles.